The van der Waals surface area contributed by atoms with Crippen molar-refractivity contribution in [3.63, 3.8) is 0 Å². The van der Waals surface area contributed by atoms with Gasteiger partial charge in [-0.3, -0.25) is 0 Å². The van der Waals surface area contributed by atoms with Crippen molar-refractivity contribution in [3.05, 3.63) is 34.7 Å². The molecule has 65 valence electrons. The van der Waals surface area contributed by atoms with Crippen LogP contribution in [0, 0.1) is 12.1 Å². The Balaban J connectivity index is 3.47. The first-order chi connectivity index (χ1) is 5.43. The van der Waals surface area contributed by atoms with E-state index in [1.54, 1.807) is 0 Å². The van der Waals surface area contributed by atoms with E-state index >= 15 is 0 Å². The van der Waals surface area contributed by atoms with Crippen molar-refractivity contribution >= 4 is 25.8 Å². The predicted octanol–water partition coefficient (Wildman–Crippen LogP) is 2.15. The van der Waals surface area contributed by atoms with E-state index in [1.807, 2.05) is 0 Å². The molecule has 0 aliphatic rings. The van der Waals surface area contributed by atoms with Crippen LogP contribution in [0.1, 0.15) is 0 Å². The normalized spacial score (nSPS) is 11.6. The van der Waals surface area contributed by atoms with Crippen LogP contribution >= 0.6 is 15.9 Å². The first-order valence-electron chi connectivity index (χ1n) is 2.95. The third-order valence-electron chi connectivity index (χ3n) is 1.25. The highest BCUT2D eigenvalue weighted by Crippen LogP contribution is 2.22. The maximum atomic E-state index is 13.0. The fraction of sp³-hybridized carbons (Fsp3) is 0. The van der Waals surface area contributed by atoms with Crippen molar-refractivity contribution in [3.8, 4) is 0 Å². The van der Waals surface area contributed by atoms with Crippen LogP contribution in [0.5, 0.6) is 0 Å². The van der Waals surface area contributed by atoms with Crippen molar-refractivity contribution < 1.29 is 12.8 Å². The maximum Gasteiger partial charge on any atom is 0.182 e. The third-order valence-corrected chi connectivity index (χ3v) is 2.85. The average Bonchev–Trinajstić information content (AvgIpc) is 1.92. The Morgan fingerprint density at radius 1 is 1.42 bits per heavy atom. The molecule has 0 aliphatic carbocycles. The summed E-state index contributed by atoms with van der Waals surface area (Å²) in [5, 5.41) is 0. The lowest BCUT2D eigenvalue weighted by molar-refractivity contribution is 0.568. The quantitative estimate of drug-likeness (QED) is 0.767. The fourth-order valence-corrected chi connectivity index (χ4v) is 1.89. The predicted molar refractivity (Wildman–Crippen MR) is 46.6 cm³/mol. The second-order valence-electron chi connectivity index (χ2n) is 2.17. The van der Waals surface area contributed by atoms with Gasteiger partial charge in [-0.15, -0.1) is 0 Å². The highest BCUT2D eigenvalue weighted by molar-refractivity contribution is 9.10. The van der Waals surface area contributed by atoms with E-state index < -0.39 is 20.5 Å². The summed E-state index contributed by atoms with van der Waals surface area (Å²) >= 11 is 2.87. The molecule has 0 aliphatic heterocycles. The van der Waals surface area contributed by atoms with Crippen LogP contribution in [0.15, 0.2) is 27.6 Å². The van der Waals surface area contributed by atoms with Crippen LogP contribution in [-0.2, 0) is 9.84 Å². The minimum atomic E-state index is -3.71. The lowest BCUT2D eigenvalue weighted by Gasteiger charge is -2.00. The van der Waals surface area contributed by atoms with Crippen LogP contribution in [0.3, 0.4) is 0 Å². The van der Waals surface area contributed by atoms with Gasteiger partial charge in [-0.1, -0.05) is 6.07 Å². The summed E-state index contributed by atoms with van der Waals surface area (Å²) in [4.78, 5) is -0.392. The largest absolute Gasteiger partial charge is 0.224 e. The molecule has 12 heavy (non-hydrogen) atoms. The summed E-state index contributed by atoms with van der Waals surface area (Å²) in [6.07, 6.45) is 2.85. The molecule has 5 heteroatoms. The summed E-state index contributed by atoms with van der Waals surface area (Å²) in [6, 6.07) is 4.03. The van der Waals surface area contributed by atoms with E-state index in [4.69, 9.17) is 0 Å². The van der Waals surface area contributed by atoms with Crippen molar-refractivity contribution in [2.75, 3.05) is 0 Å². The number of hydrogen-bond donors (Lipinski definition) is 0. The van der Waals surface area contributed by atoms with Gasteiger partial charge in [-0.05, 0) is 28.1 Å². The third kappa shape index (κ3) is 1.84. The zero-order valence-electron chi connectivity index (χ0n) is 5.92. The molecule has 0 N–H and O–H groups in total. The topological polar surface area (TPSA) is 34.1 Å². The van der Waals surface area contributed by atoms with E-state index in [1.165, 1.54) is 18.2 Å². The van der Waals surface area contributed by atoms with Gasteiger partial charge in [-0.2, -0.15) is 0 Å². The van der Waals surface area contributed by atoms with E-state index in [0.29, 0.717) is 0 Å². The molecule has 0 amide bonds. The first-order valence-corrected chi connectivity index (χ1v) is 5.39. The van der Waals surface area contributed by atoms with Crippen LogP contribution < -0.4 is 0 Å². The van der Waals surface area contributed by atoms with E-state index in [-0.39, 0.29) is 4.47 Å². The molecule has 0 saturated carbocycles. The molecule has 0 fully saturated rings. The zero-order valence-corrected chi connectivity index (χ0v) is 8.32. The fourth-order valence-electron chi connectivity index (χ4n) is 0.724. The Labute approximate surface area is 78.5 Å². The van der Waals surface area contributed by atoms with Crippen molar-refractivity contribution in [2.24, 2.45) is 0 Å². The molecule has 0 heterocycles. The number of benzene rings is 1. The highest BCUT2D eigenvalue weighted by Gasteiger charge is 2.14. The van der Waals surface area contributed by atoms with Crippen LogP contribution in [0.25, 0.3) is 0 Å². The Morgan fingerprint density at radius 2 is 2.00 bits per heavy atom. The summed E-state index contributed by atoms with van der Waals surface area (Å²) in [6.45, 7) is 0. The number of rotatable bonds is 1. The van der Waals surface area contributed by atoms with Crippen LogP contribution in [0.4, 0.5) is 4.39 Å². The summed E-state index contributed by atoms with van der Waals surface area (Å²) in [7, 11) is -3.71. The molecule has 2 nitrogen and oxygen atoms in total. The highest BCUT2D eigenvalue weighted by atomic mass is 79.9. The van der Waals surface area contributed by atoms with Gasteiger partial charge in [0.2, 0.25) is 0 Å². The summed E-state index contributed by atoms with van der Waals surface area (Å²) in [5.41, 5.74) is 0. The molecule has 1 rings (SSSR count). The second kappa shape index (κ2) is 3.14. The number of hydrogen-bond acceptors (Lipinski definition) is 2. The van der Waals surface area contributed by atoms with Crippen LogP contribution in [-0.4, -0.2) is 8.42 Å². The zero-order chi connectivity index (χ0) is 9.35. The van der Waals surface area contributed by atoms with Crippen molar-refractivity contribution in [2.45, 2.75) is 4.90 Å². The Morgan fingerprint density at radius 3 is 2.42 bits per heavy atom. The van der Waals surface area contributed by atoms with Gasteiger partial charge in [0, 0.05) is 0 Å². The molecule has 1 aromatic rings. The SMILES string of the molecule is [CH2]S(=O)(=O)c1cccc(Br)c1F. The maximum absolute atomic E-state index is 13.0. The molecular weight excluding hydrogens is 247 g/mol. The van der Waals surface area contributed by atoms with Crippen molar-refractivity contribution in [1.82, 2.24) is 0 Å². The van der Waals surface area contributed by atoms with Gasteiger partial charge in [-0.25, -0.2) is 12.8 Å². The minimum absolute atomic E-state index is 0.118. The van der Waals surface area contributed by atoms with Gasteiger partial charge in [0.1, 0.15) is 4.90 Å². The number of halogens is 2. The molecule has 0 saturated heterocycles. The Bertz CT molecular complexity index is 400. The van der Waals surface area contributed by atoms with E-state index in [9.17, 15) is 12.8 Å². The summed E-state index contributed by atoms with van der Waals surface area (Å²) < 4.78 is 34.8. The standard InChI is InChI=1S/C7H5BrFO2S/c1-12(10,11)6-4-2-3-5(8)7(6)9/h2-4H,1H2. The first kappa shape index (κ1) is 9.67. The average molecular weight is 252 g/mol. The molecule has 0 unspecified atom stereocenters. The van der Waals surface area contributed by atoms with Crippen molar-refractivity contribution in [1.29, 1.82) is 0 Å². The van der Waals surface area contributed by atoms with E-state index in [0.717, 1.165) is 0 Å². The second-order valence-corrected chi connectivity index (χ2v) is 4.69. The lowest BCUT2D eigenvalue weighted by Crippen LogP contribution is -1.98. The minimum Gasteiger partial charge on any atom is -0.224 e. The molecule has 1 radical (unpaired) electrons. The molecular formula is C7H5BrFO2S. The molecule has 0 aromatic heterocycles. The molecule has 0 spiro atoms. The van der Waals surface area contributed by atoms with Crippen LogP contribution in [0.2, 0.25) is 0 Å². The van der Waals surface area contributed by atoms with E-state index in [2.05, 4.69) is 22.2 Å². The van der Waals surface area contributed by atoms with Gasteiger partial charge >= 0.3 is 0 Å². The number of sulfone groups is 1. The van der Waals surface area contributed by atoms with Gasteiger partial charge in [0.05, 0.1) is 10.7 Å². The van der Waals surface area contributed by atoms with Gasteiger partial charge in [0.15, 0.2) is 15.7 Å². The Kier molecular flexibility index (Phi) is 2.53. The lowest BCUT2D eigenvalue weighted by atomic mass is 10.3. The smallest absolute Gasteiger partial charge is 0.182 e. The Hall–Kier alpha value is -0.420. The van der Waals surface area contributed by atoms with Gasteiger partial charge in [0.25, 0.3) is 0 Å². The van der Waals surface area contributed by atoms with Gasteiger partial charge < -0.3 is 0 Å². The summed E-state index contributed by atoms with van der Waals surface area (Å²) in [5.74, 6) is -0.799. The molecule has 0 bridgehead atoms. The monoisotopic (exact) mass is 251 g/mol. The molecule has 0 atom stereocenters. The molecule has 1 aromatic carbocycles.